The van der Waals surface area contributed by atoms with E-state index in [-0.39, 0.29) is 5.78 Å². The molecule has 0 saturated heterocycles. The monoisotopic (exact) mass is 295 g/mol. The van der Waals surface area contributed by atoms with Crippen LogP contribution in [0.15, 0.2) is 30.3 Å². The number of carboxylic acid groups (broad SMARTS) is 1. The lowest BCUT2D eigenvalue weighted by atomic mass is 9.87. The molecule has 5 heteroatoms. The summed E-state index contributed by atoms with van der Waals surface area (Å²) in [4.78, 5) is 23.8. The Labute approximate surface area is 125 Å². The molecule has 2 N–H and O–H groups in total. The average molecular weight is 295 g/mol. The van der Waals surface area contributed by atoms with Crippen molar-refractivity contribution in [2.45, 2.75) is 38.3 Å². The first kappa shape index (κ1) is 16.7. The first-order valence-electron chi connectivity index (χ1n) is 6.66. The second-order valence-corrected chi connectivity index (χ2v) is 5.38. The number of carbonyl (C=O) groups is 2. The van der Waals surface area contributed by atoms with Crippen molar-refractivity contribution in [2.75, 3.05) is 5.75 Å². The number of carboxylic acids is 1. The van der Waals surface area contributed by atoms with Crippen molar-refractivity contribution in [3.63, 3.8) is 0 Å². The summed E-state index contributed by atoms with van der Waals surface area (Å²) >= 11 is 4.07. The predicted molar refractivity (Wildman–Crippen MR) is 82.5 cm³/mol. The van der Waals surface area contributed by atoms with Crippen LogP contribution >= 0.6 is 12.6 Å². The summed E-state index contributed by atoms with van der Waals surface area (Å²) in [7, 11) is 0. The fourth-order valence-electron chi connectivity index (χ4n) is 2.01. The summed E-state index contributed by atoms with van der Waals surface area (Å²) < 4.78 is 0. The Balaban J connectivity index is 2.96. The topological polar surface area (TPSA) is 66.4 Å². The van der Waals surface area contributed by atoms with Gasteiger partial charge in [-0.1, -0.05) is 37.3 Å². The minimum atomic E-state index is -0.959. The molecule has 0 heterocycles. The van der Waals surface area contributed by atoms with Crippen molar-refractivity contribution in [1.29, 1.82) is 0 Å². The Hall–Kier alpha value is -1.33. The van der Waals surface area contributed by atoms with Gasteiger partial charge in [0.15, 0.2) is 5.78 Å². The molecule has 0 radical (unpaired) electrons. The van der Waals surface area contributed by atoms with Crippen LogP contribution in [0.5, 0.6) is 0 Å². The molecule has 1 rings (SSSR count). The fourth-order valence-corrected chi connectivity index (χ4v) is 2.27. The van der Waals surface area contributed by atoms with Crippen LogP contribution in [0.4, 0.5) is 0 Å². The summed E-state index contributed by atoms with van der Waals surface area (Å²) in [6, 6.07) is 8.15. The maximum atomic E-state index is 12.6. The molecule has 4 nitrogen and oxygen atoms in total. The maximum absolute atomic E-state index is 12.6. The highest BCUT2D eigenvalue weighted by Gasteiger charge is 2.35. The number of ketones is 1. The molecule has 0 spiro atoms. The number of aliphatic carboxylic acids is 1. The molecule has 1 aromatic carbocycles. The highest BCUT2D eigenvalue weighted by molar-refractivity contribution is 7.80. The van der Waals surface area contributed by atoms with E-state index >= 15 is 0 Å². The van der Waals surface area contributed by atoms with Crippen LogP contribution in [0.2, 0.25) is 0 Å². The molecule has 1 aromatic rings. The largest absolute Gasteiger partial charge is 0.480 e. The SMILES string of the molecule is CCC(C)(N[C@@H](CCS)C(=O)O)C(=O)c1ccccc1. The van der Waals surface area contributed by atoms with Crippen molar-refractivity contribution in [1.82, 2.24) is 5.32 Å². The summed E-state index contributed by atoms with van der Waals surface area (Å²) in [5.41, 5.74) is -0.313. The van der Waals surface area contributed by atoms with Gasteiger partial charge in [-0.25, -0.2) is 0 Å². The molecule has 0 aliphatic heterocycles. The van der Waals surface area contributed by atoms with Gasteiger partial charge in [0, 0.05) is 5.56 Å². The van der Waals surface area contributed by atoms with Gasteiger partial charge in [-0.05, 0) is 25.5 Å². The third kappa shape index (κ3) is 4.08. The van der Waals surface area contributed by atoms with E-state index in [1.165, 1.54) is 0 Å². The standard InChI is InChI=1S/C15H21NO3S/c1-3-15(2,16-12(9-10-20)14(18)19)13(17)11-7-5-4-6-8-11/h4-8,12,16,20H,3,9-10H2,1-2H3,(H,18,19)/t12-,15?/m0/s1. The van der Waals surface area contributed by atoms with E-state index in [1.54, 1.807) is 31.2 Å². The molecule has 0 bridgehead atoms. The van der Waals surface area contributed by atoms with Crippen molar-refractivity contribution < 1.29 is 14.7 Å². The lowest BCUT2D eigenvalue weighted by Gasteiger charge is -2.31. The Morgan fingerprint density at radius 3 is 2.40 bits per heavy atom. The number of benzene rings is 1. The van der Waals surface area contributed by atoms with E-state index in [1.807, 2.05) is 13.0 Å². The Kier molecular flexibility index (Phi) is 6.23. The first-order chi connectivity index (χ1) is 9.44. The number of Topliss-reactive ketones (excluding diaryl/α,β-unsaturated/α-hetero) is 1. The Morgan fingerprint density at radius 1 is 1.35 bits per heavy atom. The van der Waals surface area contributed by atoms with Crippen LogP contribution in [0, 0.1) is 0 Å². The lowest BCUT2D eigenvalue weighted by Crippen LogP contribution is -2.55. The van der Waals surface area contributed by atoms with Gasteiger partial charge in [-0.3, -0.25) is 14.9 Å². The van der Waals surface area contributed by atoms with Crippen LogP contribution in [0.3, 0.4) is 0 Å². The highest BCUT2D eigenvalue weighted by atomic mass is 32.1. The van der Waals surface area contributed by atoms with Crippen molar-refractivity contribution in [3.05, 3.63) is 35.9 Å². The number of carbonyl (C=O) groups excluding carboxylic acids is 1. The maximum Gasteiger partial charge on any atom is 0.320 e. The molecular formula is C15H21NO3S. The summed E-state index contributed by atoms with van der Waals surface area (Å²) in [6.07, 6.45) is 0.882. The van der Waals surface area contributed by atoms with Gasteiger partial charge in [0.1, 0.15) is 6.04 Å². The van der Waals surface area contributed by atoms with Crippen LogP contribution in [0.1, 0.15) is 37.0 Å². The van der Waals surface area contributed by atoms with Crippen LogP contribution in [0.25, 0.3) is 0 Å². The minimum Gasteiger partial charge on any atom is -0.480 e. The zero-order chi connectivity index (χ0) is 15.2. The summed E-state index contributed by atoms with van der Waals surface area (Å²) in [5, 5.41) is 12.2. The van der Waals surface area contributed by atoms with Gasteiger partial charge in [0.2, 0.25) is 0 Å². The molecule has 0 fully saturated rings. The zero-order valence-electron chi connectivity index (χ0n) is 11.8. The van der Waals surface area contributed by atoms with Crippen LogP contribution in [-0.2, 0) is 4.79 Å². The molecule has 1 unspecified atom stereocenters. The first-order valence-corrected chi connectivity index (χ1v) is 7.29. The number of thiol groups is 1. The van der Waals surface area contributed by atoms with Crippen molar-refractivity contribution in [2.24, 2.45) is 0 Å². The third-order valence-corrected chi connectivity index (χ3v) is 3.71. The normalized spacial score (nSPS) is 15.3. The second-order valence-electron chi connectivity index (χ2n) is 4.93. The summed E-state index contributed by atoms with van der Waals surface area (Å²) in [6.45, 7) is 3.62. The van der Waals surface area contributed by atoms with E-state index in [0.717, 1.165) is 0 Å². The predicted octanol–water partition coefficient (Wildman–Crippen LogP) is 2.40. The van der Waals surface area contributed by atoms with Crippen LogP contribution < -0.4 is 5.32 Å². The highest BCUT2D eigenvalue weighted by Crippen LogP contribution is 2.19. The summed E-state index contributed by atoms with van der Waals surface area (Å²) in [5.74, 6) is -0.603. The molecule has 2 atom stereocenters. The molecule has 0 aliphatic rings. The quantitative estimate of drug-likeness (QED) is 0.509. The Bertz CT molecular complexity index is 463. The van der Waals surface area contributed by atoms with Crippen LogP contribution in [-0.4, -0.2) is 34.2 Å². The molecule has 20 heavy (non-hydrogen) atoms. The second kappa shape index (κ2) is 7.45. The van der Waals surface area contributed by atoms with E-state index in [2.05, 4.69) is 17.9 Å². The number of hydrogen-bond acceptors (Lipinski definition) is 4. The lowest BCUT2D eigenvalue weighted by molar-refractivity contribution is -0.140. The van der Waals surface area contributed by atoms with E-state index in [0.29, 0.717) is 24.2 Å². The third-order valence-electron chi connectivity index (χ3n) is 3.45. The van der Waals surface area contributed by atoms with Crippen molar-refractivity contribution in [3.8, 4) is 0 Å². The molecule has 0 aliphatic carbocycles. The van der Waals surface area contributed by atoms with E-state index in [9.17, 15) is 14.7 Å². The number of rotatable bonds is 8. The van der Waals surface area contributed by atoms with E-state index in [4.69, 9.17) is 0 Å². The average Bonchev–Trinajstić information content (AvgIpc) is 2.46. The van der Waals surface area contributed by atoms with Gasteiger partial charge in [-0.15, -0.1) is 0 Å². The van der Waals surface area contributed by atoms with E-state index < -0.39 is 17.6 Å². The molecule has 0 amide bonds. The van der Waals surface area contributed by atoms with Gasteiger partial charge >= 0.3 is 5.97 Å². The molecule has 0 aromatic heterocycles. The molecular weight excluding hydrogens is 274 g/mol. The van der Waals surface area contributed by atoms with Gasteiger partial charge in [0.25, 0.3) is 0 Å². The molecule has 0 saturated carbocycles. The van der Waals surface area contributed by atoms with Gasteiger partial charge < -0.3 is 5.11 Å². The molecule has 110 valence electrons. The minimum absolute atomic E-state index is 0.0917. The number of hydrogen-bond donors (Lipinski definition) is 3. The van der Waals surface area contributed by atoms with Crippen molar-refractivity contribution >= 4 is 24.4 Å². The van der Waals surface area contributed by atoms with Gasteiger partial charge in [0.05, 0.1) is 5.54 Å². The fraction of sp³-hybridized carbons (Fsp3) is 0.467. The zero-order valence-corrected chi connectivity index (χ0v) is 12.7. The van der Waals surface area contributed by atoms with Gasteiger partial charge in [-0.2, -0.15) is 12.6 Å². The Morgan fingerprint density at radius 2 is 1.95 bits per heavy atom. The number of nitrogens with one attached hydrogen (secondary N) is 1. The smallest absolute Gasteiger partial charge is 0.320 e.